The van der Waals surface area contributed by atoms with E-state index in [1.807, 2.05) is 30.3 Å². The molecule has 3 nitrogen and oxygen atoms in total. The summed E-state index contributed by atoms with van der Waals surface area (Å²) in [6.07, 6.45) is 0. The maximum absolute atomic E-state index is 5.32. The first-order valence-corrected chi connectivity index (χ1v) is 6.22. The van der Waals surface area contributed by atoms with E-state index in [1.54, 1.807) is 21.3 Å². The molecule has 0 amide bonds. The summed E-state index contributed by atoms with van der Waals surface area (Å²) < 4.78 is 16.0. The van der Waals surface area contributed by atoms with Crippen LogP contribution in [0.3, 0.4) is 0 Å². The van der Waals surface area contributed by atoms with Crippen LogP contribution in [0, 0.1) is 0 Å². The summed E-state index contributed by atoms with van der Waals surface area (Å²) in [6, 6.07) is 9.72. The standard InChI is InChI=1S/C9H14O3Si.C2H4/c1-10-13(11-2,12-3)9-7-5-4-6-8-9;1-2/h4-8H,1-3H3;1-2H2. The lowest BCUT2D eigenvalue weighted by atomic mass is 10.4. The molecular formula is C11H18O3Si. The van der Waals surface area contributed by atoms with Crippen LogP contribution in [0.2, 0.25) is 0 Å². The summed E-state index contributed by atoms with van der Waals surface area (Å²) in [5.41, 5.74) is 0. The number of hydrogen-bond acceptors (Lipinski definition) is 3. The zero-order valence-electron chi connectivity index (χ0n) is 9.53. The van der Waals surface area contributed by atoms with E-state index in [4.69, 9.17) is 13.3 Å². The molecule has 0 saturated carbocycles. The van der Waals surface area contributed by atoms with Crippen molar-refractivity contribution >= 4 is 14.0 Å². The van der Waals surface area contributed by atoms with E-state index < -0.39 is 8.80 Å². The lowest BCUT2D eigenvalue weighted by Crippen LogP contribution is -2.54. The molecule has 0 fully saturated rings. The Morgan fingerprint density at radius 2 is 1.27 bits per heavy atom. The van der Waals surface area contributed by atoms with Crippen molar-refractivity contribution in [3.05, 3.63) is 43.5 Å². The van der Waals surface area contributed by atoms with Crippen molar-refractivity contribution in [3.8, 4) is 0 Å². The molecule has 1 aromatic carbocycles. The van der Waals surface area contributed by atoms with Gasteiger partial charge in [0.1, 0.15) is 0 Å². The molecular weight excluding hydrogens is 208 g/mol. The van der Waals surface area contributed by atoms with Crippen LogP contribution in [-0.2, 0) is 13.3 Å². The quantitative estimate of drug-likeness (QED) is 0.576. The van der Waals surface area contributed by atoms with Crippen molar-refractivity contribution < 1.29 is 13.3 Å². The minimum absolute atomic E-state index is 0.975. The molecule has 1 aromatic rings. The van der Waals surface area contributed by atoms with Gasteiger partial charge in [0.05, 0.1) is 0 Å². The minimum Gasteiger partial charge on any atom is -0.373 e. The fraction of sp³-hybridized carbons (Fsp3) is 0.273. The Labute approximate surface area is 92.7 Å². The summed E-state index contributed by atoms with van der Waals surface area (Å²) in [6.45, 7) is 6.00. The first kappa shape index (κ1) is 14.1. The van der Waals surface area contributed by atoms with Gasteiger partial charge in [0.25, 0.3) is 0 Å². The molecule has 0 unspecified atom stereocenters. The predicted molar refractivity (Wildman–Crippen MR) is 64.1 cm³/mol. The zero-order chi connectivity index (χ0) is 11.7. The van der Waals surface area contributed by atoms with E-state index in [-0.39, 0.29) is 0 Å². The molecule has 0 aliphatic carbocycles. The highest BCUT2D eigenvalue weighted by Gasteiger charge is 2.40. The summed E-state index contributed by atoms with van der Waals surface area (Å²) in [7, 11) is 2.22. The van der Waals surface area contributed by atoms with Crippen LogP contribution < -0.4 is 5.19 Å². The van der Waals surface area contributed by atoms with Gasteiger partial charge in [-0.15, -0.1) is 13.2 Å². The highest BCUT2D eigenvalue weighted by atomic mass is 28.4. The van der Waals surface area contributed by atoms with Gasteiger partial charge < -0.3 is 13.3 Å². The largest absolute Gasteiger partial charge is 0.536 e. The summed E-state index contributed by atoms with van der Waals surface area (Å²) in [5.74, 6) is 0. The maximum Gasteiger partial charge on any atom is 0.536 e. The normalized spacial score (nSPS) is 10.3. The maximum atomic E-state index is 5.32. The van der Waals surface area contributed by atoms with Crippen molar-refractivity contribution in [1.82, 2.24) is 0 Å². The lowest BCUT2D eigenvalue weighted by molar-refractivity contribution is 0.140. The topological polar surface area (TPSA) is 27.7 Å². The average Bonchev–Trinajstić information content (AvgIpc) is 2.36. The fourth-order valence-corrected chi connectivity index (χ4v) is 3.05. The van der Waals surface area contributed by atoms with Crippen LogP contribution in [0.1, 0.15) is 0 Å². The molecule has 1 rings (SSSR count). The van der Waals surface area contributed by atoms with Gasteiger partial charge >= 0.3 is 8.80 Å². The van der Waals surface area contributed by atoms with E-state index in [0.717, 1.165) is 5.19 Å². The molecule has 0 bridgehead atoms. The predicted octanol–water partition coefficient (Wildman–Crippen LogP) is 1.57. The third-order valence-corrected chi connectivity index (χ3v) is 4.59. The summed E-state index contributed by atoms with van der Waals surface area (Å²) in [4.78, 5) is 0. The number of hydrogen-bond donors (Lipinski definition) is 0. The van der Waals surface area contributed by atoms with Crippen LogP contribution in [0.5, 0.6) is 0 Å². The monoisotopic (exact) mass is 226 g/mol. The first-order chi connectivity index (χ1) is 7.29. The molecule has 0 saturated heterocycles. The van der Waals surface area contributed by atoms with Crippen LogP contribution in [0.15, 0.2) is 43.5 Å². The van der Waals surface area contributed by atoms with E-state index in [0.29, 0.717) is 0 Å². The molecule has 0 aliphatic rings. The number of rotatable bonds is 4. The molecule has 84 valence electrons. The SMILES string of the molecule is C=C.CO[Si](OC)(OC)c1ccccc1. The van der Waals surface area contributed by atoms with Gasteiger partial charge in [-0.1, -0.05) is 30.3 Å². The molecule has 15 heavy (non-hydrogen) atoms. The molecule has 0 aromatic heterocycles. The zero-order valence-corrected chi connectivity index (χ0v) is 10.5. The Balaban J connectivity index is 0.000000921. The summed E-state index contributed by atoms with van der Waals surface area (Å²) in [5, 5.41) is 0.975. The third-order valence-electron chi connectivity index (χ3n) is 1.93. The van der Waals surface area contributed by atoms with Crippen LogP contribution in [-0.4, -0.2) is 30.1 Å². The second-order valence-corrected chi connectivity index (χ2v) is 5.45. The Kier molecular flexibility index (Phi) is 6.90. The Morgan fingerprint density at radius 1 is 0.867 bits per heavy atom. The Morgan fingerprint density at radius 3 is 1.60 bits per heavy atom. The van der Waals surface area contributed by atoms with E-state index in [1.165, 1.54) is 0 Å². The minimum atomic E-state index is -2.59. The molecule has 0 aliphatic heterocycles. The van der Waals surface area contributed by atoms with E-state index in [2.05, 4.69) is 13.2 Å². The molecule has 0 spiro atoms. The second kappa shape index (κ2) is 7.36. The van der Waals surface area contributed by atoms with E-state index in [9.17, 15) is 0 Å². The van der Waals surface area contributed by atoms with E-state index >= 15 is 0 Å². The van der Waals surface area contributed by atoms with Gasteiger partial charge in [0, 0.05) is 26.5 Å². The lowest BCUT2D eigenvalue weighted by Gasteiger charge is -2.24. The number of benzene rings is 1. The van der Waals surface area contributed by atoms with Crippen molar-refractivity contribution in [2.24, 2.45) is 0 Å². The van der Waals surface area contributed by atoms with Gasteiger partial charge in [-0.3, -0.25) is 0 Å². The van der Waals surface area contributed by atoms with Gasteiger partial charge in [-0.05, 0) is 0 Å². The molecule has 4 heteroatoms. The van der Waals surface area contributed by atoms with Crippen molar-refractivity contribution in [3.63, 3.8) is 0 Å². The third kappa shape index (κ3) is 3.28. The van der Waals surface area contributed by atoms with Crippen LogP contribution in [0.25, 0.3) is 0 Å². The summed E-state index contributed by atoms with van der Waals surface area (Å²) >= 11 is 0. The second-order valence-electron chi connectivity index (χ2n) is 2.53. The average molecular weight is 226 g/mol. The van der Waals surface area contributed by atoms with Crippen molar-refractivity contribution in [2.75, 3.05) is 21.3 Å². The Hall–Kier alpha value is -0.943. The van der Waals surface area contributed by atoms with Gasteiger partial charge in [0.15, 0.2) is 0 Å². The van der Waals surface area contributed by atoms with Gasteiger partial charge in [-0.2, -0.15) is 0 Å². The Bertz CT molecular complexity index is 252. The van der Waals surface area contributed by atoms with Crippen LogP contribution >= 0.6 is 0 Å². The first-order valence-electron chi connectivity index (χ1n) is 4.50. The molecule has 0 N–H and O–H groups in total. The molecule has 0 heterocycles. The highest BCUT2D eigenvalue weighted by Crippen LogP contribution is 2.05. The molecule has 0 radical (unpaired) electrons. The molecule has 0 atom stereocenters. The van der Waals surface area contributed by atoms with Crippen molar-refractivity contribution in [2.45, 2.75) is 0 Å². The highest BCUT2D eigenvalue weighted by molar-refractivity contribution is 6.75. The fourth-order valence-electron chi connectivity index (χ4n) is 1.25. The van der Waals surface area contributed by atoms with Crippen molar-refractivity contribution in [1.29, 1.82) is 0 Å². The van der Waals surface area contributed by atoms with Gasteiger partial charge in [0.2, 0.25) is 0 Å². The smallest absolute Gasteiger partial charge is 0.373 e. The van der Waals surface area contributed by atoms with Crippen LogP contribution in [0.4, 0.5) is 0 Å². The van der Waals surface area contributed by atoms with Gasteiger partial charge in [-0.25, -0.2) is 0 Å².